The van der Waals surface area contributed by atoms with Crippen molar-refractivity contribution in [3.05, 3.63) is 64.7 Å². The molecular formula is C16H11N3O. The van der Waals surface area contributed by atoms with Crippen LogP contribution in [0.4, 0.5) is 0 Å². The summed E-state index contributed by atoms with van der Waals surface area (Å²) in [4.78, 5) is 21.5. The van der Waals surface area contributed by atoms with Gasteiger partial charge in [-0.15, -0.1) is 0 Å². The van der Waals surface area contributed by atoms with Gasteiger partial charge in [0.1, 0.15) is 6.33 Å². The van der Waals surface area contributed by atoms with Gasteiger partial charge in [0.15, 0.2) is 5.65 Å². The van der Waals surface area contributed by atoms with Crippen molar-refractivity contribution in [2.24, 2.45) is 0 Å². The predicted molar refractivity (Wildman–Crippen MR) is 79.0 cm³/mol. The molecule has 20 heavy (non-hydrogen) atoms. The van der Waals surface area contributed by atoms with Crippen LogP contribution in [-0.4, -0.2) is 14.4 Å². The number of nitrogens with zero attached hydrogens (tertiary/aromatic N) is 3. The van der Waals surface area contributed by atoms with Gasteiger partial charge in [-0.2, -0.15) is 0 Å². The van der Waals surface area contributed by atoms with Gasteiger partial charge in [-0.1, -0.05) is 23.8 Å². The molecule has 0 saturated carbocycles. The Balaban J connectivity index is 2.31. The molecule has 4 aromatic rings. The average molecular weight is 261 g/mol. The third-order valence-corrected chi connectivity index (χ3v) is 3.51. The molecular weight excluding hydrogens is 250 g/mol. The highest BCUT2D eigenvalue weighted by Crippen LogP contribution is 2.17. The fourth-order valence-electron chi connectivity index (χ4n) is 2.50. The third-order valence-electron chi connectivity index (χ3n) is 3.51. The lowest BCUT2D eigenvalue weighted by Crippen LogP contribution is -2.16. The number of hydrogen-bond acceptors (Lipinski definition) is 3. The Kier molecular flexibility index (Phi) is 2.15. The van der Waals surface area contributed by atoms with E-state index in [2.05, 4.69) is 9.97 Å². The minimum absolute atomic E-state index is 0.0769. The average Bonchev–Trinajstić information content (AvgIpc) is 2.48. The van der Waals surface area contributed by atoms with Gasteiger partial charge >= 0.3 is 0 Å². The molecule has 2 heterocycles. The molecule has 0 N–H and O–H groups in total. The van der Waals surface area contributed by atoms with E-state index in [-0.39, 0.29) is 5.56 Å². The monoisotopic (exact) mass is 261 g/mol. The summed E-state index contributed by atoms with van der Waals surface area (Å²) in [5, 5.41) is 1.51. The first-order valence-corrected chi connectivity index (χ1v) is 6.40. The molecule has 2 aromatic heterocycles. The molecule has 0 saturated heterocycles. The van der Waals surface area contributed by atoms with Crippen LogP contribution >= 0.6 is 0 Å². The van der Waals surface area contributed by atoms with Gasteiger partial charge in [0, 0.05) is 5.39 Å². The van der Waals surface area contributed by atoms with E-state index in [1.165, 1.54) is 4.40 Å². The second-order valence-electron chi connectivity index (χ2n) is 4.89. The molecule has 0 aliphatic carbocycles. The Morgan fingerprint density at radius 3 is 2.75 bits per heavy atom. The van der Waals surface area contributed by atoms with E-state index in [0.717, 1.165) is 22.0 Å². The van der Waals surface area contributed by atoms with Crippen molar-refractivity contribution in [2.45, 2.75) is 6.92 Å². The molecule has 0 fully saturated rings. The largest absolute Gasteiger partial charge is 0.268 e. The fraction of sp³-hybridized carbons (Fsp3) is 0.0625. The van der Waals surface area contributed by atoms with Gasteiger partial charge in [0.2, 0.25) is 0 Å². The zero-order valence-corrected chi connectivity index (χ0v) is 10.9. The predicted octanol–water partition coefficient (Wildman–Crippen LogP) is 2.70. The molecule has 96 valence electrons. The molecule has 0 unspecified atom stereocenters. The zero-order valence-electron chi connectivity index (χ0n) is 10.9. The maximum absolute atomic E-state index is 12.6. The number of rotatable bonds is 0. The number of para-hydroxylation sites is 1. The molecule has 0 aliphatic heterocycles. The summed E-state index contributed by atoms with van der Waals surface area (Å²) in [5.74, 6) is 0. The van der Waals surface area contributed by atoms with E-state index in [4.69, 9.17) is 0 Å². The Morgan fingerprint density at radius 2 is 1.85 bits per heavy atom. The highest BCUT2D eigenvalue weighted by atomic mass is 16.1. The van der Waals surface area contributed by atoms with Crippen LogP contribution in [0.15, 0.2) is 53.6 Å². The summed E-state index contributed by atoms with van der Waals surface area (Å²) in [6.45, 7) is 1.96. The van der Waals surface area contributed by atoms with Gasteiger partial charge in [-0.3, -0.25) is 4.79 Å². The quantitative estimate of drug-likeness (QED) is 0.361. The summed E-state index contributed by atoms with van der Waals surface area (Å²) < 4.78 is 1.52. The summed E-state index contributed by atoms with van der Waals surface area (Å²) in [6.07, 6.45) is 1.55. The Morgan fingerprint density at radius 1 is 1.00 bits per heavy atom. The highest BCUT2D eigenvalue weighted by molar-refractivity contribution is 5.93. The standard InChI is InChI=1S/C16H11N3O/c1-10-6-7-14-12(8-10)16(20)19-9-17-13-5-3-2-4-11(13)15(19)18-14/h2-9H,1H3. The normalized spacial score (nSPS) is 11.4. The number of aromatic nitrogens is 3. The summed E-state index contributed by atoms with van der Waals surface area (Å²) in [7, 11) is 0. The zero-order chi connectivity index (χ0) is 13.7. The van der Waals surface area contributed by atoms with Crippen LogP contribution in [0.2, 0.25) is 0 Å². The summed E-state index contributed by atoms with van der Waals surface area (Å²) >= 11 is 0. The maximum Gasteiger partial charge on any atom is 0.266 e. The van der Waals surface area contributed by atoms with Crippen molar-refractivity contribution in [1.29, 1.82) is 0 Å². The minimum atomic E-state index is -0.0769. The highest BCUT2D eigenvalue weighted by Gasteiger charge is 2.08. The van der Waals surface area contributed by atoms with Crippen molar-refractivity contribution >= 4 is 27.5 Å². The smallest absolute Gasteiger partial charge is 0.266 e. The van der Waals surface area contributed by atoms with Crippen molar-refractivity contribution < 1.29 is 0 Å². The first-order chi connectivity index (χ1) is 9.74. The lowest BCUT2D eigenvalue weighted by Gasteiger charge is -2.06. The van der Waals surface area contributed by atoms with E-state index >= 15 is 0 Å². The van der Waals surface area contributed by atoms with Gasteiger partial charge in [-0.25, -0.2) is 14.4 Å². The van der Waals surface area contributed by atoms with E-state index in [9.17, 15) is 4.79 Å². The molecule has 0 atom stereocenters. The molecule has 0 radical (unpaired) electrons. The lowest BCUT2D eigenvalue weighted by molar-refractivity contribution is 1.04. The van der Waals surface area contributed by atoms with Crippen LogP contribution in [0.25, 0.3) is 27.5 Å². The molecule has 2 aromatic carbocycles. The first-order valence-electron chi connectivity index (χ1n) is 6.40. The molecule has 0 spiro atoms. The molecule has 0 amide bonds. The second-order valence-corrected chi connectivity index (χ2v) is 4.89. The molecule has 4 nitrogen and oxygen atoms in total. The number of aryl methyl sites for hydroxylation is 1. The van der Waals surface area contributed by atoms with Gasteiger partial charge in [-0.05, 0) is 31.2 Å². The second kappa shape index (κ2) is 3.87. The van der Waals surface area contributed by atoms with Crippen LogP contribution in [0.3, 0.4) is 0 Å². The molecule has 4 rings (SSSR count). The number of benzene rings is 2. The Labute approximate surface area is 114 Å². The minimum Gasteiger partial charge on any atom is -0.268 e. The van der Waals surface area contributed by atoms with Gasteiger partial charge in [0.05, 0.1) is 16.4 Å². The van der Waals surface area contributed by atoms with E-state index in [1.54, 1.807) is 6.33 Å². The molecule has 0 aliphatic rings. The van der Waals surface area contributed by atoms with E-state index in [0.29, 0.717) is 11.0 Å². The maximum atomic E-state index is 12.6. The van der Waals surface area contributed by atoms with Crippen LogP contribution in [0.5, 0.6) is 0 Å². The third kappa shape index (κ3) is 1.45. The van der Waals surface area contributed by atoms with E-state index in [1.807, 2.05) is 49.4 Å². The van der Waals surface area contributed by atoms with E-state index < -0.39 is 0 Å². The Hall–Kier alpha value is -2.75. The summed E-state index contributed by atoms with van der Waals surface area (Å²) in [5.41, 5.74) is 3.18. The van der Waals surface area contributed by atoms with Gasteiger partial charge in [0.25, 0.3) is 5.56 Å². The van der Waals surface area contributed by atoms with Crippen molar-refractivity contribution in [3.63, 3.8) is 0 Å². The van der Waals surface area contributed by atoms with Gasteiger partial charge < -0.3 is 0 Å². The van der Waals surface area contributed by atoms with Crippen LogP contribution in [0.1, 0.15) is 5.56 Å². The molecule has 4 heteroatoms. The van der Waals surface area contributed by atoms with Crippen LogP contribution < -0.4 is 5.56 Å². The SMILES string of the molecule is Cc1ccc2nc3c4ccccc4ncn3c(=O)c2c1. The topological polar surface area (TPSA) is 47.3 Å². The van der Waals surface area contributed by atoms with Crippen molar-refractivity contribution in [1.82, 2.24) is 14.4 Å². The fourth-order valence-corrected chi connectivity index (χ4v) is 2.50. The first kappa shape index (κ1) is 11.1. The Bertz CT molecular complexity index is 1030. The number of hydrogen-bond donors (Lipinski definition) is 0. The summed E-state index contributed by atoms with van der Waals surface area (Å²) in [6, 6.07) is 13.4. The molecule has 0 bridgehead atoms. The lowest BCUT2D eigenvalue weighted by atomic mass is 10.1. The van der Waals surface area contributed by atoms with Crippen molar-refractivity contribution in [2.75, 3.05) is 0 Å². The van der Waals surface area contributed by atoms with Crippen molar-refractivity contribution in [3.8, 4) is 0 Å². The number of fused-ring (bicyclic) bond motifs is 4. The van der Waals surface area contributed by atoms with Crippen LogP contribution in [0, 0.1) is 6.92 Å². The van der Waals surface area contributed by atoms with Crippen LogP contribution in [-0.2, 0) is 0 Å².